The molecule has 0 aliphatic carbocycles. The van der Waals surface area contributed by atoms with E-state index in [0.717, 1.165) is 11.1 Å². The van der Waals surface area contributed by atoms with Crippen LogP contribution >= 0.6 is 15.9 Å². The topological polar surface area (TPSA) is 84.7 Å². The van der Waals surface area contributed by atoms with Gasteiger partial charge in [-0.1, -0.05) is 11.3 Å². The first-order valence-corrected chi connectivity index (χ1v) is 10.4. The van der Waals surface area contributed by atoms with Gasteiger partial charge in [0, 0.05) is 26.1 Å². The molecule has 2 heterocycles. The van der Waals surface area contributed by atoms with Crippen LogP contribution in [0.2, 0.25) is 0 Å². The maximum Gasteiger partial charge on any atom is 0.206 e. The molecule has 9 heteroatoms. The third kappa shape index (κ3) is 3.90. The van der Waals surface area contributed by atoms with Gasteiger partial charge in [0.1, 0.15) is 33.4 Å². The summed E-state index contributed by atoms with van der Waals surface area (Å²) in [5.41, 5.74) is 3.06. The third-order valence-electron chi connectivity index (χ3n) is 5.27. The molecule has 8 nitrogen and oxygen atoms in total. The van der Waals surface area contributed by atoms with Crippen molar-refractivity contribution < 1.29 is 23.7 Å². The third-order valence-corrected chi connectivity index (χ3v) is 6.05. The molecule has 2 aromatic carbocycles. The number of hydrogen-bond donors (Lipinski definition) is 0. The van der Waals surface area contributed by atoms with Crippen molar-refractivity contribution in [2.45, 2.75) is 18.6 Å². The van der Waals surface area contributed by atoms with Crippen molar-refractivity contribution in [1.82, 2.24) is 15.0 Å². The maximum absolute atomic E-state index is 13.2. The lowest BCUT2D eigenvalue weighted by atomic mass is 10.00. The van der Waals surface area contributed by atoms with E-state index in [1.165, 1.54) is 7.11 Å². The normalized spacial score (nSPS) is 16.7. The van der Waals surface area contributed by atoms with E-state index in [9.17, 15) is 4.79 Å². The Labute approximate surface area is 187 Å². The first kappa shape index (κ1) is 21.3. The van der Waals surface area contributed by atoms with E-state index in [-0.39, 0.29) is 5.78 Å². The molecule has 4 rings (SSSR count). The van der Waals surface area contributed by atoms with Crippen molar-refractivity contribution in [3.8, 4) is 11.5 Å². The minimum Gasteiger partial charge on any atom is -0.495 e. The van der Waals surface area contributed by atoms with Crippen LogP contribution in [0.4, 0.5) is 0 Å². The van der Waals surface area contributed by atoms with E-state index < -0.39 is 12.2 Å². The van der Waals surface area contributed by atoms with E-state index in [2.05, 4.69) is 26.2 Å². The summed E-state index contributed by atoms with van der Waals surface area (Å²) in [6, 6.07) is 9.22. The van der Waals surface area contributed by atoms with Crippen molar-refractivity contribution in [3.63, 3.8) is 0 Å². The second-order valence-electron chi connectivity index (χ2n) is 7.08. The highest BCUT2D eigenvalue weighted by molar-refractivity contribution is 9.10. The highest BCUT2D eigenvalue weighted by atomic mass is 79.9. The van der Waals surface area contributed by atoms with Gasteiger partial charge in [0.25, 0.3) is 0 Å². The fourth-order valence-electron chi connectivity index (χ4n) is 3.64. The number of rotatable bonds is 7. The lowest BCUT2D eigenvalue weighted by Crippen LogP contribution is -2.27. The second kappa shape index (κ2) is 8.68. The Morgan fingerprint density at radius 1 is 1.19 bits per heavy atom. The summed E-state index contributed by atoms with van der Waals surface area (Å²) in [6.45, 7) is 0. The van der Waals surface area contributed by atoms with E-state index in [1.807, 2.05) is 43.5 Å². The summed E-state index contributed by atoms with van der Waals surface area (Å²) in [4.78, 5) is 13.2. The molecule has 1 aliphatic rings. The molecular formula is C22H22BrN3O5. The van der Waals surface area contributed by atoms with Gasteiger partial charge in [0.05, 0.1) is 19.7 Å². The number of ketones is 1. The summed E-state index contributed by atoms with van der Waals surface area (Å²) in [7, 11) is 6.49. The van der Waals surface area contributed by atoms with Crippen LogP contribution in [0.25, 0.3) is 16.8 Å². The summed E-state index contributed by atoms with van der Waals surface area (Å²) in [6.07, 6.45) is 0.919. The molecule has 0 amide bonds. The predicted octanol–water partition coefficient (Wildman–Crippen LogP) is 3.83. The van der Waals surface area contributed by atoms with E-state index in [4.69, 9.17) is 18.9 Å². The number of nitrogens with zero attached hydrogens (tertiary/aromatic N) is 3. The van der Waals surface area contributed by atoms with Crippen LogP contribution in [0.1, 0.15) is 23.7 Å². The number of ether oxygens (including phenoxy) is 4. The summed E-state index contributed by atoms with van der Waals surface area (Å²) in [5, 5.41) is 8.13. The first-order valence-electron chi connectivity index (χ1n) is 9.61. The van der Waals surface area contributed by atoms with Gasteiger partial charge < -0.3 is 18.9 Å². The van der Waals surface area contributed by atoms with Gasteiger partial charge in [0.15, 0.2) is 6.10 Å². The minimum absolute atomic E-state index is 0.159. The Kier molecular flexibility index (Phi) is 5.97. The van der Waals surface area contributed by atoms with Gasteiger partial charge >= 0.3 is 0 Å². The van der Waals surface area contributed by atoms with Crippen LogP contribution < -0.4 is 9.47 Å². The number of aryl methyl sites for hydroxylation is 1. The number of carbonyl (C=O) groups excluding carboxylic acids is 1. The SMILES string of the molecule is COc1cc(C2=CCC(C(=O)C(OC)c3ccc4c(c3)nnn4C)O2)cc(OC)c1Br. The average molecular weight is 488 g/mol. The van der Waals surface area contributed by atoms with Crippen molar-refractivity contribution in [3.05, 3.63) is 52.0 Å². The Morgan fingerprint density at radius 2 is 1.90 bits per heavy atom. The number of carbonyl (C=O) groups is 1. The minimum atomic E-state index is -0.766. The lowest BCUT2D eigenvalue weighted by Gasteiger charge is -2.20. The molecule has 3 aromatic rings. The quantitative estimate of drug-likeness (QED) is 0.500. The predicted molar refractivity (Wildman–Crippen MR) is 118 cm³/mol. The standard InChI is InChI=1S/C22H22BrN3O5/c1-26-15-6-5-12(9-14(15)24-25-26)22(30-4)21(27)17-8-7-16(31-17)13-10-18(28-2)20(23)19(11-13)29-3/h5-7,9-11,17,22H,8H2,1-4H3. The molecule has 0 bridgehead atoms. The molecule has 0 radical (unpaired) electrons. The molecule has 2 unspecified atom stereocenters. The van der Waals surface area contributed by atoms with Crippen molar-refractivity contribution in [2.24, 2.45) is 7.05 Å². The van der Waals surface area contributed by atoms with E-state index in [0.29, 0.717) is 39.2 Å². The van der Waals surface area contributed by atoms with Crippen LogP contribution in [0.15, 0.2) is 40.9 Å². The average Bonchev–Trinajstić information content (AvgIpc) is 3.42. The van der Waals surface area contributed by atoms with Crippen molar-refractivity contribution in [1.29, 1.82) is 0 Å². The summed E-state index contributed by atoms with van der Waals surface area (Å²) >= 11 is 3.46. The molecule has 0 N–H and O–H groups in total. The van der Waals surface area contributed by atoms with Crippen LogP contribution in [0.5, 0.6) is 11.5 Å². The van der Waals surface area contributed by atoms with Gasteiger partial charge in [-0.25, -0.2) is 4.68 Å². The maximum atomic E-state index is 13.2. The molecule has 1 aliphatic heterocycles. The van der Waals surface area contributed by atoms with Crippen molar-refractivity contribution in [2.75, 3.05) is 21.3 Å². The Morgan fingerprint density at radius 3 is 2.55 bits per heavy atom. The zero-order valence-electron chi connectivity index (χ0n) is 17.6. The largest absolute Gasteiger partial charge is 0.495 e. The molecule has 0 spiro atoms. The monoisotopic (exact) mass is 487 g/mol. The second-order valence-corrected chi connectivity index (χ2v) is 7.88. The lowest BCUT2D eigenvalue weighted by molar-refractivity contribution is -0.136. The number of hydrogen-bond acceptors (Lipinski definition) is 7. The van der Waals surface area contributed by atoms with Gasteiger partial charge in [-0.05, 0) is 51.8 Å². The highest BCUT2D eigenvalue weighted by Crippen LogP contribution is 2.40. The fourth-order valence-corrected chi connectivity index (χ4v) is 4.19. The molecule has 1 aromatic heterocycles. The van der Waals surface area contributed by atoms with Gasteiger partial charge in [-0.3, -0.25) is 4.79 Å². The number of fused-ring (bicyclic) bond motifs is 1. The molecule has 2 atom stereocenters. The molecule has 0 saturated carbocycles. The molecule has 0 saturated heterocycles. The summed E-state index contributed by atoms with van der Waals surface area (Å²) < 4.78 is 24.8. The van der Waals surface area contributed by atoms with Crippen LogP contribution in [-0.2, 0) is 21.3 Å². The number of aromatic nitrogens is 3. The molecule has 0 fully saturated rings. The van der Waals surface area contributed by atoms with Gasteiger partial charge in [0.2, 0.25) is 5.78 Å². The van der Waals surface area contributed by atoms with Gasteiger partial charge in [-0.2, -0.15) is 0 Å². The number of Topliss-reactive ketones (excluding diaryl/α,β-unsaturated/α-hetero) is 1. The van der Waals surface area contributed by atoms with Crippen LogP contribution in [0, 0.1) is 0 Å². The smallest absolute Gasteiger partial charge is 0.206 e. The zero-order chi connectivity index (χ0) is 22.1. The molecule has 31 heavy (non-hydrogen) atoms. The number of halogens is 1. The van der Waals surface area contributed by atoms with E-state index >= 15 is 0 Å². The Bertz CT molecular complexity index is 1150. The first-order chi connectivity index (χ1) is 15.0. The zero-order valence-corrected chi connectivity index (χ0v) is 19.2. The van der Waals surface area contributed by atoms with Crippen LogP contribution in [0.3, 0.4) is 0 Å². The van der Waals surface area contributed by atoms with Crippen LogP contribution in [-0.4, -0.2) is 48.2 Å². The Hall–Kier alpha value is -2.91. The highest BCUT2D eigenvalue weighted by Gasteiger charge is 2.33. The van der Waals surface area contributed by atoms with Gasteiger partial charge in [-0.15, -0.1) is 5.10 Å². The molecular weight excluding hydrogens is 466 g/mol. The van der Waals surface area contributed by atoms with E-state index in [1.54, 1.807) is 18.9 Å². The summed E-state index contributed by atoms with van der Waals surface area (Å²) in [5.74, 6) is 1.66. The molecule has 162 valence electrons. The van der Waals surface area contributed by atoms with Crippen molar-refractivity contribution >= 4 is 38.5 Å². The Balaban J connectivity index is 1.55. The fraction of sp³-hybridized carbons (Fsp3) is 0.318. The number of methoxy groups -OCH3 is 3. The number of benzene rings is 2.